The zero-order chi connectivity index (χ0) is 13.1. The van der Waals surface area contributed by atoms with Gasteiger partial charge in [0.05, 0.1) is 10.6 Å². The third-order valence-corrected chi connectivity index (χ3v) is 3.33. The van der Waals surface area contributed by atoms with Crippen LogP contribution < -0.4 is 0 Å². The highest BCUT2D eigenvalue weighted by Crippen LogP contribution is 2.29. The van der Waals surface area contributed by atoms with Gasteiger partial charge in [-0.25, -0.2) is 4.68 Å². The summed E-state index contributed by atoms with van der Waals surface area (Å²) in [6.45, 7) is 2.87. The molecule has 2 aromatic rings. The highest BCUT2D eigenvalue weighted by Gasteiger charge is 2.11. The molecule has 6 heteroatoms. The van der Waals surface area contributed by atoms with Crippen molar-refractivity contribution in [2.45, 2.75) is 26.3 Å². The molecule has 1 aromatic heterocycles. The Morgan fingerprint density at radius 3 is 2.83 bits per heavy atom. The van der Waals surface area contributed by atoms with Crippen LogP contribution in [0.25, 0.3) is 11.5 Å². The minimum Gasteiger partial charge on any atom is -0.409 e. The van der Waals surface area contributed by atoms with E-state index in [1.54, 1.807) is 22.9 Å². The van der Waals surface area contributed by atoms with Crippen LogP contribution in [0.4, 0.5) is 0 Å². The number of nitrogens with zero attached hydrogens (tertiary/aromatic N) is 2. The predicted octanol–water partition coefficient (Wildman–Crippen LogP) is 4.98. The van der Waals surface area contributed by atoms with E-state index >= 15 is 0 Å². The van der Waals surface area contributed by atoms with E-state index in [0.29, 0.717) is 26.3 Å². The summed E-state index contributed by atoms with van der Waals surface area (Å²) in [6, 6.07) is 5.17. The van der Waals surface area contributed by atoms with Crippen molar-refractivity contribution in [2.75, 3.05) is 0 Å². The first kappa shape index (κ1) is 13.6. The van der Waals surface area contributed by atoms with E-state index in [1.807, 2.05) is 0 Å². The van der Waals surface area contributed by atoms with Gasteiger partial charge in [-0.1, -0.05) is 36.5 Å². The van der Waals surface area contributed by atoms with Crippen LogP contribution in [0.1, 0.15) is 19.8 Å². The van der Waals surface area contributed by atoms with Crippen molar-refractivity contribution in [3.8, 4) is 11.5 Å². The molecule has 18 heavy (non-hydrogen) atoms. The molecule has 0 atom stereocenters. The summed E-state index contributed by atoms with van der Waals surface area (Å²) >= 11 is 17.1. The molecular formula is C12H12Cl2N2OS. The number of aromatic nitrogens is 2. The second-order valence-electron chi connectivity index (χ2n) is 3.87. The van der Waals surface area contributed by atoms with E-state index < -0.39 is 0 Å². The summed E-state index contributed by atoms with van der Waals surface area (Å²) < 4.78 is 7.14. The highest BCUT2D eigenvalue weighted by atomic mass is 35.5. The van der Waals surface area contributed by atoms with Gasteiger partial charge in [-0.15, -0.1) is 5.10 Å². The predicted molar refractivity (Wildman–Crippen MR) is 75.7 cm³/mol. The Morgan fingerprint density at radius 2 is 2.17 bits per heavy atom. The van der Waals surface area contributed by atoms with Gasteiger partial charge in [-0.3, -0.25) is 0 Å². The molecule has 0 amide bonds. The maximum absolute atomic E-state index is 6.10. The average Bonchev–Trinajstić information content (AvgIpc) is 2.68. The maximum atomic E-state index is 6.10. The Bertz CT molecular complexity index is 606. The lowest BCUT2D eigenvalue weighted by molar-refractivity contribution is 0.499. The second kappa shape index (κ2) is 5.87. The Kier molecular flexibility index (Phi) is 4.43. The second-order valence-corrected chi connectivity index (χ2v) is 5.07. The molecule has 2 rings (SSSR count). The van der Waals surface area contributed by atoms with Gasteiger partial charge in [-0.05, 0) is 36.8 Å². The van der Waals surface area contributed by atoms with E-state index in [0.717, 1.165) is 19.4 Å². The smallest absolute Gasteiger partial charge is 0.287 e. The molecule has 0 aliphatic heterocycles. The Labute approximate surface area is 120 Å². The van der Waals surface area contributed by atoms with Crippen molar-refractivity contribution in [3.05, 3.63) is 33.1 Å². The normalized spacial score (nSPS) is 10.8. The molecule has 0 unspecified atom stereocenters. The summed E-state index contributed by atoms with van der Waals surface area (Å²) in [4.78, 5) is 0.365. The van der Waals surface area contributed by atoms with E-state index in [9.17, 15) is 0 Å². The molecule has 1 heterocycles. The Morgan fingerprint density at radius 1 is 1.39 bits per heavy atom. The molecule has 0 bridgehead atoms. The molecule has 0 spiro atoms. The van der Waals surface area contributed by atoms with E-state index in [1.165, 1.54) is 0 Å². The first-order chi connectivity index (χ1) is 8.61. The van der Waals surface area contributed by atoms with Crippen molar-refractivity contribution < 1.29 is 4.42 Å². The molecule has 0 aliphatic rings. The van der Waals surface area contributed by atoms with E-state index in [2.05, 4.69) is 12.0 Å². The number of halogens is 2. The first-order valence-corrected chi connectivity index (χ1v) is 6.81. The molecule has 1 aromatic carbocycles. The van der Waals surface area contributed by atoms with Crippen LogP contribution in [0.15, 0.2) is 22.6 Å². The summed E-state index contributed by atoms with van der Waals surface area (Å²) in [7, 11) is 0. The van der Waals surface area contributed by atoms with Crippen LogP contribution in [-0.4, -0.2) is 9.78 Å². The SMILES string of the molecule is CCCCn1nc(-c2ccc(Cl)cc2Cl)oc1=S. The Hall–Kier alpha value is -0.840. The van der Waals surface area contributed by atoms with Crippen LogP contribution in [0.2, 0.25) is 10.0 Å². The van der Waals surface area contributed by atoms with Gasteiger partial charge in [-0.2, -0.15) is 0 Å². The third-order valence-electron chi connectivity index (χ3n) is 2.49. The van der Waals surface area contributed by atoms with Crippen molar-refractivity contribution in [3.63, 3.8) is 0 Å². The molecule has 0 N–H and O–H groups in total. The minimum absolute atomic E-state index is 0.365. The zero-order valence-electron chi connectivity index (χ0n) is 9.82. The number of unbranched alkanes of at least 4 members (excludes halogenated alkanes) is 1. The average molecular weight is 303 g/mol. The van der Waals surface area contributed by atoms with Gasteiger partial charge in [0.1, 0.15) is 0 Å². The molecule has 96 valence electrons. The van der Waals surface area contributed by atoms with Gasteiger partial charge >= 0.3 is 0 Å². The molecular weight excluding hydrogens is 291 g/mol. The number of benzene rings is 1. The fourth-order valence-corrected chi connectivity index (χ4v) is 2.23. The first-order valence-electron chi connectivity index (χ1n) is 5.65. The molecule has 0 saturated heterocycles. The fraction of sp³-hybridized carbons (Fsp3) is 0.333. The molecule has 0 aliphatic carbocycles. The summed E-state index contributed by atoms with van der Waals surface area (Å²) in [5, 5.41) is 5.40. The summed E-state index contributed by atoms with van der Waals surface area (Å²) in [5.41, 5.74) is 0.697. The molecule has 0 saturated carbocycles. The van der Waals surface area contributed by atoms with Crippen LogP contribution in [0, 0.1) is 4.84 Å². The van der Waals surface area contributed by atoms with Crippen molar-refractivity contribution >= 4 is 35.4 Å². The maximum Gasteiger partial charge on any atom is 0.287 e. The summed E-state index contributed by atoms with van der Waals surface area (Å²) in [5.74, 6) is 0.428. The third kappa shape index (κ3) is 2.94. The van der Waals surface area contributed by atoms with Crippen molar-refractivity contribution in [1.82, 2.24) is 9.78 Å². The molecule has 0 radical (unpaired) electrons. The van der Waals surface area contributed by atoms with Gasteiger partial charge in [0.25, 0.3) is 4.84 Å². The van der Waals surface area contributed by atoms with Gasteiger partial charge < -0.3 is 4.42 Å². The van der Waals surface area contributed by atoms with E-state index in [-0.39, 0.29) is 0 Å². The lowest BCUT2D eigenvalue weighted by Gasteiger charge is -1.99. The number of hydrogen-bond acceptors (Lipinski definition) is 3. The largest absolute Gasteiger partial charge is 0.409 e. The Balaban J connectivity index is 2.36. The minimum atomic E-state index is 0.365. The molecule has 3 nitrogen and oxygen atoms in total. The van der Waals surface area contributed by atoms with Gasteiger partial charge in [0.2, 0.25) is 5.89 Å². The number of hydrogen-bond donors (Lipinski definition) is 0. The standard InChI is InChI=1S/C12H12Cl2N2OS/c1-2-3-6-16-12(18)17-11(15-16)9-5-4-8(13)7-10(9)14/h4-5,7H,2-3,6H2,1H3. The quantitative estimate of drug-likeness (QED) is 0.746. The zero-order valence-corrected chi connectivity index (χ0v) is 12.1. The van der Waals surface area contributed by atoms with E-state index in [4.69, 9.17) is 39.8 Å². The van der Waals surface area contributed by atoms with Crippen molar-refractivity contribution in [1.29, 1.82) is 0 Å². The van der Waals surface area contributed by atoms with Crippen LogP contribution >= 0.6 is 35.4 Å². The van der Waals surface area contributed by atoms with Crippen LogP contribution in [-0.2, 0) is 6.54 Å². The highest BCUT2D eigenvalue weighted by molar-refractivity contribution is 7.71. The monoisotopic (exact) mass is 302 g/mol. The van der Waals surface area contributed by atoms with Gasteiger partial charge in [0, 0.05) is 11.6 Å². The van der Waals surface area contributed by atoms with Crippen molar-refractivity contribution in [2.24, 2.45) is 0 Å². The lowest BCUT2D eigenvalue weighted by Crippen LogP contribution is -1.99. The van der Waals surface area contributed by atoms with Crippen LogP contribution in [0.5, 0.6) is 0 Å². The molecule has 0 fully saturated rings. The van der Waals surface area contributed by atoms with Gasteiger partial charge in [0.15, 0.2) is 0 Å². The summed E-state index contributed by atoms with van der Waals surface area (Å²) in [6.07, 6.45) is 2.08. The van der Waals surface area contributed by atoms with Crippen LogP contribution in [0.3, 0.4) is 0 Å². The lowest BCUT2D eigenvalue weighted by atomic mass is 10.2. The number of aryl methyl sites for hydroxylation is 1. The number of rotatable bonds is 4. The topological polar surface area (TPSA) is 31.0 Å². The fourth-order valence-electron chi connectivity index (χ4n) is 1.53.